The van der Waals surface area contributed by atoms with Gasteiger partial charge in [-0.25, -0.2) is 4.79 Å². The number of aryl methyl sites for hydroxylation is 1. The van der Waals surface area contributed by atoms with Gasteiger partial charge < -0.3 is 14.8 Å². The van der Waals surface area contributed by atoms with Gasteiger partial charge in [0.05, 0.1) is 22.3 Å². The van der Waals surface area contributed by atoms with Crippen LogP contribution in [-0.2, 0) is 13.2 Å². The average Bonchev–Trinajstić information content (AvgIpc) is 3.13. The predicted molar refractivity (Wildman–Crippen MR) is 146 cm³/mol. The van der Waals surface area contributed by atoms with E-state index in [1.165, 1.54) is 29.8 Å². The fourth-order valence-corrected chi connectivity index (χ4v) is 5.86. The highest BCUT2D eigenvalue weighted by atomic mass is 79.9. The van der Waals surface area contributed by atoms with Crippen molar-refractivity contribution < 1.29 is 37.8 Å². The fraction of sp³-hybridized carbons (Fsp3) is 0.179. The molecule has 3 aromatic carbocycles. The lowest BCUT2D eigenvalue weighted by Gasteiger charge is -2.15. The first-order valence-electron chi connectivity index (χ1n) is 11.6. The lowest BCUT2D eigenvalue weighted by Crippen LogP contribution is -2.10. The quantitative estimate of drug-likeness (QED) is 0.186. The average molecular weight is 667 g/mol. The van der Waals surface area contributed by atoms with Crippen molar-refractivity contribution in [3.63, 3.8) is 0 Å². The Morgan fingerprint density at radius 1 is 0.923 bits per heavy atom. The summed E-state index contributed by atoms with van der Waals surface area (Å²) < 4.78 is 44.5. The van der Waals surface area contributed by atoms with E-state index in [1.807, 2.05) is 0 Å². The molecular formula is C28H20Br2F3NO5. The van der Waals surface area contributed by atoms with E-state index < -0.39 is 34.8 Å². The summed E-state index contributed by atoms with van der Waals surface area (Å²) in [5.74, 6) is -2.82. The summed E-state index contributed by atoms with van der Waals surface area (Å²) in [7, 11) is 1.44. The summed E-state index contributed by atoms with van der Waals surface area (Å²) >= 11 is 6.64. The van der Waals surface area contributed by atoms with Crippen LogP contribution in [0.3, 0.4) is 0 Å². The number of halogens is 5. The molecule has 0 unspecified atom stereocenters. The van der Waals surface area contributed by atoms with Gasteiger partial charge in [-0.3, -0.25) is 9.59 Å². The number of fused-ring (bicyclic) bond motifs is 1. The van der Waals surface area contributed by atoms with Crippen molar-refractivity contribution >= 4 is 60.3 Å². The van der Waals surface area contributed by atoms with Gasteiger partial charge in [-0.15, -0.1) is 0 Å². The molecule has 202 valence electrons. The molecule has 2 N–H and O–H groups in total. The Morgan fingerprint density at radius 2 is 1.54 bits per heavy atom. The van der Waals surface area contributed by atoms with E-state index in [4.69, 9.17) is 0 Å². The van der Waals surface area contributed by atoms with Crippen molar-refractivity contribution in [2.45, 2.75) is 25.4 Å². The highest BCUT2D eigenvalue weighted by molar-refractivity contribution is 9.11. The first-order chi connectivity index (χ1) is 18.3. The van der Waals surface area contributed by atoms with E-state index in [2.05, 4.69) is 31.9 Å². The summed E-state index contributed by atoms with van der Waals surface area (Å²) in [5.41, 5.74) is -1.29. The van der Waals surface area contributed by atoms with Crippen molar-refractivity contribution in [1.82, 2.24) is 4.57 Å². The third kappa shape index (κ3) is 5.79. The minimum absolute atomic E-state index is 0.00896. The molecule has 6 nitrogen and oxygen atoms in total. The van der Waals surface area contributed by atoms with Crippen LogP contribution in [0.15, 0.2) is 63.5 Å². The number of aromatic carboxylic acids is 1. The van der Waals surface area contributed by atoms with Crippen molar-refractivity contribution in [3.8, 4) is 17.0 Å². The van der Waals surface area contributed by atoms with Crippen LogP contribution in [0.25, 0.3) is 22.2 Å². The SMILES string of the molecule is Cn1c(-c2ccccc2C(F)(F)F)c(C(=O)CCCC(=O)c2cc(Br)cc(Br)c2)c2cc(C(=O)O)c(O)cc21. The second-order valence-corrected chi connectivity index (χ2v) is 10.7. The third-order valence-electron chi connectivity index (χ3n) is 6.31. The van der Waals surface area contributed by atoms with Gasteiger partial charge in [0.15, 0.2) is 11.6 Å². The van der Waals surface area contributed by atoms with Crippen molar-refractivity contribution in [1.29, 1.82) is 0 Å². The van der Waals surface area contributed by atoms with E-state index >= 15 is 0 Å². The molecule has 1 heterocycles. The zero-order valence-electron chi connectivity index (χ0n) is 20.3. The summed E-state index contributed by atoms with van der Waals surface area (Å²) in [6, 6.07) is 12.0. The second kappa shape index (κ2) is 11.0. The van der Waals surface area contributed by atoms with Gasteiger partial charge in [-0.05, 0) is 36.8 Å². The molecule has 4 aromatic rings. The third-order valence-corrected chi connectivity index (χ3v) is 7.22. The van der Waals surface area contributed by atoms with E-state index in [-0.39, 0.29) is 52.8 Å². The van der Waals surface area contributed by atoms with Gasteiger partial charge in [-0.2, -0.15) is 13.2 Å². The lowest BCUT2D eigenvalue weighted by atomic mass is 9.94. The number of carbonyl (C=O) groups is 3. The topological polar surface area (TPSA) is 96.6 Å². The summed E-state index contributed by atoms with van der Waals surface area (Å²) in [4.78, 5) is 38.0. The number of carboxylic acids is 1. The normalized spacial score (nSPS) is 11.6. The largest absolute Gasteiger partial charge is 0.507 e. The van der Waals surface area contributed by atoms with Gasteiger partial charge in [0.1, 0.15) is 11.3 Å². The van der Waals surface area contributed by atoms with Crippen LogP contribution in [0.4, 0.5) is 13.2 Å². The van der Waals surface area contributed by atoms with Crippen LogP contribution in [0.1, 0.15) is 55.9 Å². The molecule has 0 radical (unpaired) electrons. The molecule has 39 heavy (non-hydrogen) atoms. The van der Waals surface area contributed by atoms with Crippen LogP contribution in [0, 0.1) is 0 Å². The number of hydrogen-bond acceptors (Lipinski definition) is 4. The summed E-state index contributed by atoms with van der Waals surface area (Å²) in [6.45, 7) is 0. The van der Waals surface area contributed by atoms with E-state index in [0.717, 1.165) is 18.2 Å². The van der Waals surface area contributed by atoms with Crippen LogP contribution in [-0.4, -0.2) is 32.3 Å². The Hall–Kier alpha value is -3.44. The number of aromatic nitrogens is 1. The Balaban J connectivity index is 1.79. The van der Waals surface area contributed by atoms with Crippen molar-refractivity contribution in [2.24, 2.45) is 7.05 Å². The zero-order valence-corrected chi connectivity index (χ0v) is 23.4. The molecule has 0 fully saturated rings. The fourth-order valence-electron chi connectivity index (χ4n) is 4.57. The number of ketones is 2. The molecule has 0 atom stereocenters. The number of benzene rings is 3. The molecule has 0 spiro atoms. The monoisotopic (exact) mass is 665 g/mol. The number of nitrogens with zero attached hydrogens (tertiary/aromatic N) is 1. The molecule has 4 rings (SSSR count). The molecule has 0 aliphatic rings. The maximum Gasteiger partial charge on any atom is 0.417 e. The second-order valence-electron chi connectivity index (χ2n) is 8.88. The summed E-state index contributed by atoms with van der Waals surface area (Å²) in [6.07, 6.45) is -4.78. The number of hydrogen-bond donors (Lipinski definition) is 2. The van der Waals surface area contributed by atoms with Crippen LogP contribution in [0.5, 0.6) is 5.75 Å². The highest BCUT2D eigenvalue weighted by Gasteiger charge is 2.36. The maximum atomic E-state index is 13.9. The van der Waals surface area contributed by atoms with E-state index in [9.17, 15) is 37.8 Å². The van der Waals surface area contributed by atoms with Crippen molar-refractivity contribution in [2.75, 3.05) is 0 Å². The van der Waals surface area contributed by atoms with E-state index in [1.54, 1.807) is 18.2 Å². The van der Waals surface area contributed by atoms with Gasteiger partial charge in [0.25, 0.3) is 0 Å². The van der Waals surface area contributed by atoms with Gasteiger partial charge >= 0.3 is 12.1 Å². The van der Waals surface area contributed by atoms with Gasteiger partial charge in [-0.1, -0.05) is 50.1 Å². The molecule has 0 aliphatic heterocycles. The molecule has 11 heteroatoms. The number of Topliss-reactive ketones (excluding diaryl/α,β-unsaturated/α-hetero) is 2. The Morgan fingerprint density at radius 3 is 2.15 bits per heavy atom. The van der Waals surface area contributed by atoms with Crippen LogP contribution in [0.2, 0.25) is 0 Å². The first-order valence-corrected chi connectivity index (χ1v) is 13.2. The number of alkyl halides is 3. The number of rotatable bonds is 8. The first kappa shape index (κ1) is 28.6. The van der Waals surface area contributed by atoms with E-state index in [0.29, 0.717) is 14.5 Å². The minimum Gasteiger partial charge on any atom is -0.507 e. The standard InChI is InChI=1S/C28H20Br2F3NO5/c1-34-21-13-24(37)19(27(38)39)12-18(21)25(26(34)17-5-2-3-6-20(17)28(31,32)33)23(36)8-4-7-22(35)14-9-15(29)11-16(30)10-14/h2-3,5-6,9-13,37H,4,7-8H2,1H3,(H,38,39). The van der Waals surface area contributed by atoms with Gasteiger partial charge in [0, 0.05) is 51.4 Å². The molecule has 0 bridgehead atoms. The minimum atomic E-state index is -4.73. The number of carboxylic acid groups (broad SMARTS) is 1. The predicted octanol–water partition coefficient (Wildman–Crippen LogP) is 8.03. The highest BCUT2D eigenvalue weighted by Crippen LogP contribution is 2.42. The molecule has 0 saturated heterocycles. The number of carbonyl (C=O) groups excluding carboxylic acids is 2. The number of phenols is 1. The smallest absolute Gasteiger partial charge is 0.417 e. The van der Waals surface area contributed by atoms with Crippen molar-refractivity contribution in [3.05, 3.63) is 85.8 Å². The lowest BCUT2D eigenvalue weighted by molar-refractivity contribution is -0.137. The Bertz CT molecular complexity index is 1620. The van der Waals surface area contributed by atoms with Crippen LogP contribution < -0.4 is 0 Å². The Labute approximate surface area is 237 Å². The van der Waals surface area contributed by atoms with Gasteiger partial charge in [0.2, 0.25) is 0 Å². The molecular weight excluding hydrogens is 647 g/mol. The number of aromatic hydroxyl groups is 1. The zero-order chi connectivity index (χ0) is 28.6. The molecule has 0 saturated carbocycles. The molecule has 1 aromatic heterocycles. The maximum absolute atomic E-state index is 13.9. The molecule has 0 amide bonds. The van der Waals surface area contributed by atoms with Crippen LogP contribution >= 0.6 is 31.9 Å². The Kier molecular flexibility index (Phi) is 8.04. The molecule has 0 aliphatic carbocycles. The summed E-state index contributed by atoms with van der Waals surface area (Å²) in [5, 5.41) is 19.8.